The van der Waals surface area contributed by atoms with E-state index in [-0.39, 0.29) is 0 Å². The fraction of sp³-hybridized carbons (Fsp3) is 0.650. The minimum absolute atomic E-state index is 0.428. The topological polar surface area (TPSA) is 37.4 Å². The number of alkyl halides is 3. The molecule has 0 radical (unpaired) electrons. The Bertz CT molecular complexity index is 700. The summed E-state index contributed by atoms with van der Waals surface area (Å²) in [6.45, 7) is 6.73. The van der Waals surface area contributed by atoms with E-state index in [1.165, 1.54) is 12.1 Å². The van der Waals surface area contributed by atoms with Crippen LogP contribution >= 0.6 is 0 Å². The lowest BCUT2D eigenvalue weighted by Crippen LogP contribution is -2.57. The zero-order valence-electron chi connectivity index (χ0n) is 17.4. The van der Waals surface area contributed by atoms with Crippen molar-refractivity contribution < 1.29 is 13.2 Å². The Morgan fingerprint density at radius 1 is 1.10 bits per heavy atom. The maximum atomic E-state index is 13.0. The highest BCUT2D eigenvalue weighted by atomic mass is 19.4. The summed E-state index contributed by atoms with van der Waals surface area (Å²) in [6.07, 6.45) is -4.32. The van der Waals surface area contributed by atoms with Gasteiger partial charge in [-0.15, -0.1) is 0 Å². The molecule has 2 aliphatic heterocycles. The largest absolute Gasteiger partial charge is 0.416 e. The van der Waals surface area contributed by atoms with E-state index in [0.29, 0.717) is 24.8 Å². The number of nitrogens with one attached hydrogen (secondary N) is 1. The van der Waals surface area contributed by atoms with Crippen molar-refractivity contribution >= 4 is 11.6 Å². The van der Waals surface area contributed by atoms with E-state index in [4.69, 9.17) is 0 Å². The van der Waals surface area contributed by atoms with Crippen LogP contribution in [0.3, 0.4) is 0 Å². The third kappa shape index (κ3) is 5.54. The smallest absolute Gasteiger partial charge is 0.368 e. The number of guanidine groups is 1. The monoisotopic (exact) mass is 412 g/mol. The zero-order valence-corrected chi connectivity index (χ0v) is 17.4. The number of aliphatic imine (C=N–C) groups is 1. The summed E-state index contributed by atoms with van der Waals surface area (Å²) in [4.78, 5) is 13.3. The number of benzene rings is 1. The third-order valence-electron chi connectivity index (χ3n) is 5.81. The SMILES string of the molecule is CN=C(NCC1CN(C)CCN1C)N1CCN(c2cccc(C(F)(F)F)c2)CC1. The Balaban J connectivity index is 1.54. The van der Waals surface area contributed by atoms with E-state index >= 15 is 0 Å². The van der Waals surface area contributed by atoms with Gasteiger partial charge in [-0.3, -0.25) is 9.89 Å². The maximum Gasteiger partial charge on any atom is 0.416 e. The number of hydrogen-bond donors (Lipinski definition) is 1. The second-order valence-electron chi connectivity index (χ2n) is 7.85. The molecule has 0 aliphatic carbocycles. The van der Waals surface area contributed by atoms with Crippen molar-refractivity contribution in [1.29, 1.82) is 0 Å². The molecule has 2 saturated heterocycles. The summed E-state index contributed by atoms with van der Waals surface area (Å²) in [5, 5.41) is 3.48. The Morgan fingerprint density at radius 2 is 1.83 bits per heavy atom. The van der Waals surface area contributed by atoms with Crippen molar-refractivity contribution in [2.24, 2.45) is 4.99 Å². The quantitative estimate of drug-likeness (QED) is 0.604. The number of halogens is 3. The highest BCUT2D eigenvalue weighted by Gasteiger charge is 2.31. The number of piperazine rings is 2. The van der Waals surface area contributed by atoms with E-state index in [9.17, 15) is 13.2 Å². The highest BCUT2D eigenvalue weighted by Crippen LogP contribution is 2.31. The van der Waals surface area contributed by atoms with Gasteiger partial charge in [0, 0.05) is 71.1 Å². The average Bonchev–Trinajstić information content (AvgIpc) is 2.71. The fourth-order valence-electron chi connectivity index (χ4n) is 3.92. The summed E-state index contributed by atoms with van der Waals surface area (Å²) >= 11 is 0. The van der Waals surface area contributed by atoms with E-state index in [1.807, 2.05) is 4.90 Å². The maximum absolute atomic E-state index is 13.0. The Morgan fingerprint density at radius 3 is 2.48 bits per heavy atom. The molecule has 1 atom stereocenters. The molecule has 2 aliphatic rings. The summed E-state index contributed by atoms with van der Waals surface area (Å²) in [5.41, 5.74) is 0.0192. The Kier molecular flexibility index (Phi) is 6.89. The molecule has 0 amide bonds. The van der Waals surface area contributed by atoms with E-state index in [0.717, 1.165) is 51.3 Å². The Hall–Kier alpha value is -2.00. The van der Waals surface area contributed by atoms with Gasteiger partial charge >= 0.3 is 6.18 Å². The van der Waals surface area contributed by atoms with Gasteiger partial charge < -0.3 is 20.0 Å². The van der Waals surface area contributed by atoms with Gasteiger partial charge in [0.15, 0.2) is 5.96 Å². The standard InChI is InChI=1S/C20H31F3N6/c1-24-19(25-14-18-15-26(2)7-8-27(18)3)29-11-9-28(10-12-29)17-6-4-5-16(13-17)20(21,22)23/h4-6,13,18H,7-12,14-15H2,1-3H3,(H,24,25). The second kappa shape index (κ2) is 9.21. The van der Waals surface area contributed by atoms with Crippen molar-refractivity contribution in [3.05, 3.63) is 29.8 Å². The van der Waals surface area contributed by atoms with E-state index in [2.05, 4.69) is 39.1 Å². The molecule has 29 heavy (non-hydrogen) atoms. The molecule has 9 heteroatoms. The first kappa shape index (κ1) is 21.7. The lowest BCUT2D eigenvalue weighted by molar-refractivity contribution is -0.137. The minimum atomic E-state index is -4.32. The van der Waals surface area contributed by atoms with Gasteiger partial charge in [-0.2, -0.15) is 13.2 Å². The third-order valence-corrected chi connectivity index (χ3v) is 5.81. The van der Waals surface area contributed by atoms with E-state index in [1.54, 1.807) is 13.1 Å². The number of nitrogens with zero attached hydrogens (tertiary/aromatic N) is 5. The number of rotatable bonds is 3. The summed E-state index contributed by atoms with van der Waals surface area (Å²) in [5.74, 6) is 0.857. The molecule has 0 bridgehead atoms. The molecule has 0 spiro atoms. The predicted octanol–water partition coefficient (Wildman–Crippen LogP) is 1.65. The van der Waals surface area contributed by atoms with Crippen LogP contribution in [0.4, 0.5) is 18.9 Å². The van der Waals surface area contributed by atoms with Crippen molar-refractivity contribution in [2.45, 2.75) is 12.2 Å². The first-order chi connectivity index (χ1) is 13.8. The van der Waals surface area contributed by atoms with Crippen LogP contribution in [0.1, 0.15) is 5.56 Å². The van der Waals surface area contributed by atoms with Crippen LogP contribution in [-0.2, 0) is 6.18 Å². The molecule has 1 unspecified atom stereocenters. The van der Waals surface area contributed by atoms with Gasteiger partial charge in [0.1, 0.15) is 0 Å². The van der Waals surface area contributed by atoms with Crippen molar-refractivity contribution in [3.8, 4) is 0 Å². The van der Waals surface area contributed by atoms with Gasteiger partial charge in [0.25, 0.3) is 0 Å². The molecule has 1 aromatic rings. The fourth-order valence-corrected chi connectivity index (χ4v) is 3.92. The lowest BCUT2D eigenvalue weighted by atomic mass is 10.1. The first-order valence-electron chi connectivity index (χ1n) is 10.0. The van der Waals surface area contributed by atoms with Gasteiger partial charge in [0.2, 0.25) is 0 Å². The number of likely N-dealkylation sites (N-methyl/N-ethyl adjacent to an activating group) is 2. The molecule has 1 aromatic carbocycles. The Labute approximate surface area is 171 Å². The van der Waals surface area contributed by atoms with Crippen molar-refractivity contribution in [2.75, 3.05) is 78.4 Å². The van der Waals surface area contributed by atoms with Gasteiger partial charge in [-0.05, 0) is 32.3 Å². The van der Waals surface area contributed by atoms with Crippen LogP contribution in [0.25, 0.3) is 0 Å². The molecule has 162 valence electrons. The molecule has 3 rings (SSSR count). The van der Waals surface area contributed by atoms with Crippen molar-refractivity contribution in [3.63, 3.8) is 0 Å². The number of anilines is 1. The van der Waals surface area contributed by atoms with Crippen LogP contribution in [0, 0.1) is 0 Å². The molecular weight excluding hydrogens is 381 g/mol. The highest BCUT2D eigenvalue weighted by molar-refractivity contribution is 5.80. The van der Waals surface area contributed by atoms with Gasteiger partial charge in [-0.25, -0.2) is 0 Å². The predicted molar refractivity (Wildman–Crippen MR) is 111 cm³/mol. The lowest BCUT2D eigenvalue weighted by Gasteiger charge is -2.40. The molecule has 2 fully saturated rings. The summed E-state index contributed by atoms with van der Waals surface area (Å²) < 4.78 is 38.9. The summed E-state index contributed by atoms with van der Waals surface area (Å²) in [6, 6.07) is 6.00. The molecule has 1 N–H and O–H groups in total. The molecule has 0 saturated carbocycles. The van der Waals surface area contributed by atoms with Crippen molar-refractivity contribution in [1.82, 2.24) is 20.0 Å². The first-order valence-corrected chi connectivity index (χ1v) is 10.0. The van der Waals surface area contributed by atoms with Crippen LogP contribution in [-0.4, -0.2) is 100 Å². The molecule has 2 heterocycles. The van der Waals surface area contributed by atoms with E-state index < -0.39 is 11.7 Å². The van der Waals surface area contributed by atoms with Crippen LogP contribution in [0.15, 0.2) is 29.3 Å². The normalized spacial score (nSPS) is 22.8. The van der Waals surface area contributed by atoms with Gasteiger partial charge in [-0.1, -0.05) is 6.07 Å². The second-order valence-corrected chi connectivity index (χ2v) is 7.85. The van der Waals surface area contributed by atoms with Crippen LogP contribution in [0.2, 0.25) is 0 Å². The summed E-state index contributed by atoms with van der Waals surface area (Å²) in [7, 11) is 6.07. The average molecular weight is 413 g/mol. The molecule has 6 nitrogen and oxygen atoms in total. The van der Waals surface area contributed by atoms with Crippen LogP contribution in [0.5, 0.6) is 0 Å². The zero-order chi connectivity index (χ0) is 21.0. The molecular formula is C20H31F3N6. The van der Waals surface area contributed by atoms with Gasteiger partial charge in [0.05, 0.1) is 5.56 Å². The minimum Gasteiger partial charge on any atom is -0.368 e. The molecule has 0 aromatic heterocycles. The van der Waals surface area contributed by atoms with Crippen LogP contribution < -0.4 is 10.2 Å². The number of hydrogen-bond acceptors (Lipinski definition) is 4.